The van der Waals surface area contributed by atoms with Crippen molar-refractivity contribution in [2.45, 2.75) is 19.4 Å². The Balaban J connectivity index is 1.88. The van der Waals surface area contributed by atoms with Crippen LogP contribution < -0.4 is 17.0 Å². The molecule has 1 fully saturated rings. The number of nitrogens with two attached hydrogens (primary N) is 2. The smallest absolute Gasteiger partial charge is 0.220 e. The summed E-state index contributed by atoms with van der Waals surface area (Å²) in [6.07, 6.45) is 1.64. The van der Waals surface area contributed by atoms with Crippen LogP contribution in [0.4, 0.5) is 5.00 Å². The third-order valence-corrected chi connectivity index (χ3v) is 3.75. The largest absolute Gasteiger partial charge is 0.369 e. The molecular formula is C9H16N6OS. The number of nitrogens with zero attached hydrogens (tertiary/aromatic N) is 3. The van der Waals surface area contributed by atoms with Crippen molar-refractivity contribution in [1.82, 2.24) is 14.5 Å². The van der Waals surface area contributed by atoms with Crippen molar-refractivity contribution in [3.8, 4) is 0 Å². The third kappa shape index (κ3) is 2.90. The van der Waals surface area contributed by atoms with Crippen molar-refractivity contribution in [2.75, 3.05) is 18.5 Å². The van der Waals surface area contributed by atoms with Crippen LogP contribution in [0.2, 0.25) is 0 Å². The van der Waals surface area contributed by atoms with Crippen LogP contribution in [0.25, 0.3) is 0 Å². The molecule has 94 valence electrons. The Bertz CT molecular complexity index is 387. The van der Waals surface area contributed by atoms with Gasteiger partial charge in [-0.15, -0.1) is 5.10 Å². The molecule has 0 radical (unpaired) electrons. The van der Waals surface area contributed by atoms with Crippen LogP contribution >= 0.6 is 11.5 Å². The highest BCUT2D eigenvalue weighted by Gasteiger charge is 2.24. The number of hydrazine groups is 1. The number of carbonyl (C=O) groups excluding carboxylic acids is 1. The molecule has 0 spiro atoms. The molecular weight excluding hydrogens is 240 g/mol. The van der Waals surface area contributed by atoms with Crippen molar-refractivity contribution in [3.63, 3.8) is 0 Å². The molecule has 1 saturated heterocycles. The second kappa shape index (κ2) is 5.39. The van der Waals surface area contributed by atoms with Gasteiger partial charge >= 0.3 is 0 Å². The van der Waals surface area contributed by atoms with Crippen LogP contribution in [-0.4, -0.2) is 33.5 Å². The summed E-state index contributed by atoms with van der Waals surface area (Å²) in [5.41, 5.74) is 8.73. The molecule has 0 aliphatic carbocycles. The second-order valence-corrected chi connectivity index (χ2v) is 4.90. The van der Waals surface area contributed by atoms with E-state index in [1.807, 2.05) is 0 Å². The highest BCUT2D eigenvalue weighted by atomic mass is 32.1. The fraction of sp³-hybridized carbons (Fsp3) is 0.667. The van der Waals surface area contributed by atoms with Gasteiger partial charge in [0.25, 0.3) is 0 Å². The van der Waals surface area contributed by atoms with E-state index in [-0.39, 0.29) is 11.8 Å². The van der Waals surface area contributed by atoms with Gasteiger partial charge in [-0.1, -0.05) is 4.49 Å². The monoisotopic (exact) mass is 256 g/mol. The maximum absolute atomic E-state index is 11.0. The predicted octanol–water partition coefficient (Wildman–Crippen LogP) is -0.479. The van der Waals surface area contributed by atoms with E-state index < -0.39 is 0 Å². The van der Waals surface area contributed by atoms with E-state index in [1.165, 1.54) is 11.5 Å². The number of carbonyl (C=O) groups is 1. The molecule has 1 aromatic rings. The van der Waals surface area contributed by atoms with Crippen LogP contribution in [0.3, 0.4) is 0 Å². The minimum atomic E-state index is -0.190. The summed E-state index contributed by atoms with van der Waals surface area (Å²) in [4.78, 5) is 13.3. The normalized spacial score (nSPS) is 18.2. The summed E-state index contributed by atoms with van der Waals surface area (Å²) in [7, 11) is 0. The van der Waals surface area contributed by atoms with E-state index in [2.05, 4.69) is 19.9 Å². The van der Waals surface area contributed by atoms with E-state index >= 15 is 0 Å². The van der Waals surface area contributed by atoms with E-state index in [0.29, 0.717) is 6.54 Å². The number of nitrogens with one attached hydrogen (secondary N) is 1. The summed E-state index contributed by atoms with van der Waals surface area (Å²) in [5.74, 6) is 5.19. The zero-order valence-corrected chi connectivity index (χ0v) is 10.2. The molecule has 0 atom stereocenters. The average molecular weight is 256 g/mol. The number of aromatic nitrogens is 2. The molecule has 5 N–H and O–H groups in total. The lowest BCUT2D eigenvalue weighted by atomic mass is 9.96. The lowest BCUT2D eigenvalue weighted by Gasteiger charge is -2.29. The van der Waals surface area contributed by atoms with Gasteiger partial charge in [0.15, 0.2) is 0 Å². The van der Waals surface area contributed by atoms with Gasteiger partial charge in [0.1, 0.15) is 10.7 Å². The molecule has 7 nitrogen and oxygen atoms in total. The number of piperidine rings is 1. The van der Waals surface area contributed by atoms with Crippen molar-refractivity contribution >= 4 is 22.4 Å². The first-order valence-corrected chi connectivity index (χ1v) is 6.27. The summed E-state index contributed by atoms with van der Waals surface area (Å²) < 4.78 is 3.85. The lowest BCUT2D eigenvalue weighted by Crippen LogP contribution is -2.38. The Morgan fingerprint density at radius 2 is 2.24 bits per heavy atom. The quantitative estimate of drug-likeness (QED) is 0.496. The fourth-order valence-electron chi connectivity index (χ4n) is 2.01. The van der Waals surface area contributed by atoms with Gasteiger partial charge in [0.2, 0.25) is 5.91 Å². The number of likely N-dealkylation sites (tertiary alicyclic amines) is 1. The van der Waals surface area contributed by atoms with Crippen molar-refractivity contribution < 1.29 is 4.79 Å². The summed E-state index contributed by atoms with van der Waals surface area (Å²) >= 11 is 1.25. The average Bonchev–Trinajstić information content (AvgIpc) is 2.77. The molecule has 1 aliphatic heterocycles. The first-order chi connectivity index (χ1) is 8.20. The fourth-order valence-corrected chi connectivity index (χ4v) is 2.49. The van der Waals surface area contributed by atoms with Gasteiger partial charge < -0.3 is 11.2 Å². The first-order valence-electron chi connectivity index (χ1n) is 5.50. The second-order valence-electron chi connectivity index (χ2n) is 4.15. The molecule has 0 saturated carbocycles. The van der Waals surface area contributed by atoms with Crippen molar-refractivity contribution in [1.29, 1.82) is 0 Å². The van der Waals surface area contributed by atoms with E-state index in [1.54, 1.807) is 0 Å². The molecule has 2 rings (SSSR count). The summed E-state index contributed by atoms with van der Waals surface area (Å²) in [5, 5.41) is 4.82. The Morgan fingerprint density at radius 1 is 1.53 bits per heavy atom. The summed E-state index contributed by atoms with van der Waals surface area (Å²) in [6.45, 7) is 2.42. The van der Waals surface area contributed by atoms with E-state index in [0.717, 1.165) is 36.6 Å². The maximum atomic E-state index is 11.0. The standard InChI is InChI=1S/C9H16N6OS/c10-8(16)6-1-3-15(4-2-6)5-7-9(12-11)17-14-13-7/h6,12H,1-5,11H2,(H2,10,16). The third-order valence-electron chi connectivity index (χ3n) is 3.05. The molecule has 1 aromatic heterocycles. The minimum Gasteiger partial charge on any atom is -0.369 e. The van der Waals surface area contributed by atoms with Crippen LogP contribution in [0.5, 0.6) is 0 Å². The molecule has 0 bridgehead atoms. The highest BCUT2D eigenvalue weighted by molar-refractivity contribution is 7.10. The predicted molar refractivity (Wildman–Crippen MR) is 64.9 cm³/mol. The Morgan fingerprint density at radius 3 is 2.82 bits per heavy atom. The minimum absolute atomic E-state index is 0.0203. The van der Waals surface area contributed by atoms with Crippen LogP contribution in [0.1, 0.15) is 18.5 Å². The lowest BCUT2D eigenvalue weighted by molar-refractivity contribution is -0.123. The molecule has 0 aromatic carbocycles. The number of rotatable bonds is 4. The number of anilines is 1. The van der Waals surface area contributed by atoms with Gasteiger partial charge in [-0.2, -0.15) is 0 Å². The van der Waals surface area contributed by atoms with Crippen LogP contribution in [-0.2, 0) is 11.3 Å². The number of hydrogen-bond acceptors (Lipinski definition) is 7. The van der Waals surface area contributed by atoms with Crippen LogP contribution in [0, 0.1) is 5.92 Å². The Labute approximate surface area is 103 Å². The molecule has 1 aliphatic rings. The van der Waals surface area contributed by atoms with E-state index in [4.69, 9.17) is 11.6 Å². The highest BCUT2D eigenvalue weighted by Crippen LogP contribution is 2.22. The Hall–Kier alpha value is -1.25. The molecule has 0 unspecified atom stereocenters. The van der Waals surface area contributed by atoms with Crippen molar-refractivity contribution in [2.24, 2.45) is 17.5 Å². The van der Waals surface area contributed by atoms with E-state index in [9.17, 15) is 4.79 Å². The number of amides is 1. The van der Waals surface area contributed by atoms with Gasteiger partial charge in [-0.05, 0) is 25.9 Å². The van der Waals surface area contributed by atoms with Gasteiger partial charge in [-0.3, -0.25) is 9.69 Å². The Kier molecular flexibility index (Phi) is 3.87. The van der Waals surface area contributed by atoms with Crippen LogP contribution in [0.15, 0.2) is 0 Å². The molecule has 2 heterocycles. The number of hydrogen-bond donors (Lipinski definition) is 3. The van der Waals surface area contributed by atoms with Gasteiger partial charge in [0, 0.05) is 24.0 Å². The van der Waals surface area contributed by atoms with Gasteiger partial charge in [-0.25, -0.2) is 5.84 Å². The summed E-state index contributed by atoms with van der Waals surface area (Å²) in [6, 6.07) is 0. The number of primary amides is 1. The SMILES string of the molecule is NNc1snnc1CN1CCC(C(N)=O)CC1. The molecule has 8 heteroatoms. The topological polar surface area (TPSA) is 110 Å². The zero-order valence-electron chi connectivity index (χ0n) is 9.43. The number of nitrogen functional groups attached to an aromatic ring is 1. The maximum Gasteiger partial charge on any atom is 0.220 e. The first kappa shape index (κ1) is 12.2. The zero-order chi connectivity index (χ0) is 12.3. The molecule has 17 heavy (non-hydrogen) atoms. The molecule has 1 amide bonds. The van der Waals surface area contributed by atoms with Crippen molar-refractivity contribution in [3.05, 3.63) is 5.69 Å². The van der Waals surface area contributed by atoms with Gasteiger partial charge in [0.05, 0.1) is 0 Å².